The van der Waals surface area contributed by atoms with Gasteiger partial charge in [-0.3, -0.25) is 14.8 Å². The summed E-state index contributed by atoms with van der Waals surface area (Å²) in [5.41, 5.74) is 4.35. The van der Waals surface area contributed by atoms with Crippen LogP contribution in [0.1, 0.15) is 51.0 Å². The van der Waals surface area contributed by atoms with E-state index >= 15 is 0 Å². The molecule has 0 radical (unpaired) electrons. The Bertz CT molecular complexity index is 1980. The minimum Gasteiger partial charge on any atom is -0.414 e. The number of anilines is 2. The predicted octanol–water partition coefficient (Wildman–Crippen LogP) is 8.78. The van der Waals surface area contributed by atoms with Gasteiger partial charge in [0.25, 0.3) is 5.91 Å². The zero-order valence-corrected chi connectivity index (χ0v) is 31.5. The number of imidazole rings is 1. The summed E-state index contributed by atoms with van der Waals surface area (Å²) in [6.07, 6.45) is 6.34. The molecular weight excluding hydrogens is 700 g/mol. The van der Waals surface area contributed by atoms with Crippen molar-refractivity contribution in [1.82, 2.24) is 24.3 Å². The van der Waals surface area contributed by atoms with Crippen molar-refractivity contribution in [3.8, 4) is 11.1 Å². The average molecular weight is 741 g/mol. The van der Waals surface area contributed by atoms with E-state index in [1.807, 2.05) is 6.07 Å². The lowest BCUT2D eigenvalue weighted by atomic mass is 10.0. The van der Waals surface area contributed by atoms with Crippen LogP contribution >= 0.6 is 34.5 Å². The largest absolute Gasteiger partial charge is 0.414 e. The van der Waals surface area contributed by atoms with Crippen molar-refractivity contribution in [2.24, 2.45) is 0 Å². The average Bonchev–Trinajstić information content (AvgIpc) is 3.86. The number of halogens is 3. The number of thiazole rings is 1. The topological polar surface area (TPSA) is 90.1 Å². The van der Waals surface area contributed by atoms with E-state index in [1.165, 1.54) is 16.0 Å². The molecule has 0 spiro atoms. The smallest absolute Gasteiger partial charge is 0.257 e. The molecule has 2 aliphatic heterocycles. The molecule has 1 fully saturated rings. The maximum Gasteiger partial charge on any atom is 0.257 e. The molecule has 7 rings (SSSR count). The molecular formula is C35H40Cl2FN7O2SSi. The fourth-order valence-electron chi connectivity index (χ4n) is 6.49. The summed E-state index contributed by atoms with van der Waals surface area (Å²) < 4.78 is 24.4. The van der Waals surface area contributed by atoms with Crippen molar-refractivity contribution >= 4 is 70.5 Å². The van der Waals surface area contributed by atoms with Crippen LogP contribution in [0.15, 0.2) is 54.4 Å². The summed E-state index contributed by atoms with van der Waals surface area (Å²) >= 11 is 15.2. The Morgan fingerprint density at radius 3 is 2.55 bits per heavy atom. The van der Waals surface area contributed by atoms with Crippen LogP contribution < -0.4 is 10.2 Å². The Balaban J connectivity index is 1.14. The van der Waals surface area contributed by atoms with Crippen molar-refractivity contribution in [3.63, 3.8) is 0 Å². The Labute approximate surface area is 300 Å². The van der Waals surface area contributed by atoms with Gasteiger partial charge in [-0.15, -0.1) is 11.3 Å². The van der Waals surface area contributed by atoms with E-state index in [2.05, 4.69) is 78.3 Å². The first-order chi connectivity index (χ1) is 23.3. The van der Waals surface area contributed by atoms with Gasteiger partial charge in [-0.1, -0.05) is 56.1 Å². The summed E-state index contributed by atoms with van der Waals surface area (Å²) in [4.78, 5) is 24.9. The number of carbonyl (C=O) groups is 1. The molecule has 258 valence electrons. The Morgan fingerprint density at radius 2 is 1.88 bits per heavy atom. The van der Waals surface area contributed by atoms with Gasteiger partial charge in [-0.25, -0.2) is 14.4 Å². The van der Waals surface area contributed by atoms with Crippen LogP contribution in [0.3, 0.4) is 0 Å². The van der Waals surface area contributed by atoms with Crippen molar-refractivity contribution < 1.29 is 13.6 Å². The standard InChI is InChI=1S/C35H40Cl2FN7O2SSi/c1-35(2,3)49(4,5)47-24-10-13-43(14-11-24)23-8-6-21(7-9-23)25-17-27(36)26-19-45(42-30(26)29(25)37)32(33(46)41-34-39-12-15-48-34)31-28-16-22(38)18-44(28)20-40-31/h6-9,12,15,17,19-20,22,24,32H,10-11,13-14,16,18H2,1-5H3,(H,39,41,46)/t22-,32?/m1/s1. The minimum absolute atomic E-state index is 0.168. The van der Waals surface area contributed by atoms with E-state index in [4.69, 9.17) is 32.7 Å². The highest BCUT2D eigenvalue weighted by Crippen LogP contribution is 2.41. The van der Waals surface area contributed by atoms with Crippen LogP contribution in [0.2, 0.25) is 28.2 Å². The number of nitrogens with zero attached hydrogens (tertiary/aromatic N) is 6. The second-order valence-electron chi connectivity index (χ2n) is 14.5. The van der Waals surface area contributed by atoms with Crippen LogP contribution in [-0.2, 0) is 22.2 Å². The van der Waals surface area contributed by atoms with Crippen LogP contribution in [-0.4, -0.2) is 63.9 Å². The van der Waals surface area contributed by atoms with E-state index in [0.717, 1.165) is 42.7 Å². The number of fused-ring (bicyclic) bond motifs is 2. The van der Waals surface area contributed by atoms with Gasteiger partial charge >= 0.3 is 0 Å². The molecule has 14 heteroatoms. The number of nitrogens with one attached hydrogen (secondary N) is 1. The number of hydrogen-bond donors (Lipinski definition) is 1. The summed E-state index contributed by atoms with van der Waals surface area (Å²) in [6, 6.07) is 9.19. The third kappa shape index (κ3) is 6.65. The first-order valence-corrected chi connectivity index (χ1v) is 21.1. The lowest BCUT2D eigenvalue weighted by molar-refractivity contribution is -0.118. The van der Waals surface area contributed by atoms with Crippen LogP contribution in [0.25, 0.3) is 22.0 Å². The highest BCUT2D eigenvalue weighted by Gasteiger charge is 2.40. The second kappa shape index (κ2) is 13.1. The highest BCUT2D eigenvalue weighted by atomic mass is 35.5. The van der Waals surface area contributed by atoms with Gasteiger partial charge < -0.3 is 13.9 Å². The highest BCUT2D eigenvalue weighted by molar-refractivity contribution is 7.13. The Hall–Kier alpha value is -3.29. The number of piperidine rings is 1. The molecule has 2 aromatic carbocycles. The molecule has 0 saturated carbocycles. The molecule has 0 aliphatic carbocycles. The molecule has 0 bridgehead atoms. The monoisotopic (exact) mass is 739 g/mol. The maximum atomic E-state index is 14.4. The lowest BCUT2D eigenvalue weighted by Gasteiger charge is -2.42. The molecule has 1 amide bonds. The van der Waals surface area contributed by atoms with Crippen LogP contribution in [0, 0.1) is 0 Å². The normalized spacial score (nSPS) is 17.9. The summed E-state index contributed by atoms with van der Waals surface area (Å²) in [5.74, 6) is -0.398. The SMILES string of the molecule is CC(C)(C)[Si](C)(C)OC1CCN(c2ccc(-c3cc(Cl)c4cn(C(C(=O)Nc5nccs5)c5ncn6c5C[C@@H](F)C6)nc4c3Cl)cc2)CC1. The van der Waals surface area contributed by atoms with Gasteiger partial charge in [0.15, 0.2) is 19.5 Å². The molecule has 1 N–H and O–H groups in total. The van der Waals surface area contributed by atoms with Crippen molar-refractivity contribution in [3.05, 3.63) is 75.9 Å². The van der Waals surface area contributed by atoms with E-state index in [1.54, 1.807) is 28.7 Å². The van der Waals surface area contributed by atoms with Gasteiger partial charge in [-0.05, 0) is 54.7 Å². The molecule has 1 saturated heterocycles. The zero-order chi connectivity index (χ0) is 34.7. The quantitative estimate of drug-likeness (QED) is 0.160. The van der Waals surface area contributed by atoms with Gasteiger partial charge in [0, 0.05) is 65.7 Å². The number of alkyl halides is 1. The number of hydrogen-bond acceptors (Lipinski definition) is 7. The molecule has 9 nitrogen and oxygen atoms in total. The number of aromatic nitrogens is 5. The number of amides is 1. The van der Waals surface area contributed by atoms with Gasteiger partial charge in [0.1, 0.15) is 11.7 Å². The third-order valence-electron chi connectivity index (χ3n) is 10.2. The van der Waals surface area contributed by atoms with Gasteiger partial charge in [0.05, 0.1) is 28.6 Å². The van der Waals surface area contributed by atoms with Crippen molar-refractivity contribution in [1.29, 1.82) is 0 Å². The van der Waals surface area contributed by atoms with E-state index < -0.39 is 26.4 Å². The lowest BCUT2D eigenvalue weighted by Crippen LogP contribution is -2.47. The molecule has 5 heterocycles. The first kappa shape index (κ1) is 34.2. The van der Waals surface area contributed by atoms with Gasteiger partial charge in [0.2, 0.25) is 0 Å². The summed E-state index contributed by atoms with van der Waals surface area (Å²) in [6.45, 7) is 13.6. The maximum absolute atomic E-state index is 14.4. The minimum atomic E-state index is -1.80. The fourth-order valence-corrected chi connectivity index (χ4v) is 9.00. The summed E-state index contributed by atoms with van der Waals surface area (Å²) in [5, 5.41) is 11.6. The van der Waals surface area contributed by atoms with Gasteiger partial charge in [-0.2, -0.15) is 5.10 Å². The fraction of sp³-hybridized carbons (Fsp3) is 0.429. The van der Waals surface area contributed by atoms with E-state index in [9.17, 15) is 9.18 Å². The second-order valence-corrected chi connectivity index (χ2v) is 20.9. The molecule has 3 aromatic heterocycles. The van der Waals surface area contributed by atoms with Crippen molar-refractivity contribution in [2.75, 3.05) is 23.3 Å². The Morgan fingerprint density at radius 1 is 1.14 bits per heavy atom. The number of carbonyl (C=O) groups excluding carboxylic acids is 1. The first-order valence-electron chi connectivity index (χ1n) is 16.6. The van der Waals surface area contributed by atoms with Crippen LogP contribution in [0.5, 0.6) is 0 Å². The zero-order valence-electron chi connectivity index (χ0n) is 28.2. The molecule has 5 aromatic rings. The Kier molecular flexibility index (Phi) is 9.14. The third-order valence-corrected chi connectivity index (χ3v) is 16.1. The molecule has 1 unspecified atom stereocenters. The van der Waals surface area contributed by atoms with E-state index in [-0.39, 0.29) is 18.0 Å². The predicted molar refractivity (Wildman–Crippen MR) is 198 cm³/mol. The van der Waals surface area contributed by atoms with E-state index in [0.29, 0.717) is 43.6 Å². The number of benzene rings is 2. The molecule has 49 heavy (non-hydrogen) atoms. The van der Waals surface area contributed by atoms with Crippen molar-refractivity contribution in [2.45, 2.75) is 83.0 Å². The summed E-state index contributed by atoms with van der Waals surface area (Å²) in [7, 11) is -1.80. The number of rotatable bonds is 8. The molecule has 2 aliphatic rings. The van der Waals surface area contributed by atoms with Crippen LogP contribution in [0.4, 0.5) is 15.2 Å². The molecule has 2 atom stereocenters.